The van der Waals surface area contributed by atoms with Crippen LogP contribution in [0.2, 0.25) is 0 Å². The molecule has 1 atom stereocenters. The fraction of sp³-hybridized carbons (Fsp3) is 0.562. The Morgan fingerprint density at radius 3 is 2.91 bits per heavy atom. The molecule has 0 aliphatic carbocycles. The summed E-state index contributed by atoms with van der Waals surface area (Å²) in [6.07, 6.45) is 0.00747. The van der Waals surface area contributed by atoms with Crippen LogP contribution in [0.5, 0.6) is 0 Å². The topological polar surface area (TPSA) is 60.4 Å². The van der Waals surface area contributed by atoms with Crippen molar-refractivity contribution < 1.29 is 9.47 Å². The van der Waals surface area contributed by atoms with E-state index in [0.717, 1.165) is 41.1 Å². The molecule has 3 heterocycles. The molecule has 3 rings (SSSR count). The fourth-order valence-corrected chi connectivity index (χ4v) is 3.39. The van der Waals surface area contributed by atoms with Crippen molar-refractivity contribution in [3.05, 3.63) is 33.7 Å². The Labute approximate surface area is 140 Å². The van der Waals surface area contributed by atoms with E-state index in [1.165, 1.54) is 0 Å². The van der Waals surface area contributed by atoms with Gasteiger partial charge in [-0.25, -0.2) is 15.0 Å². The zero-order chi connectivity index (χ0) is 16.2. The van der Waals surface area contributed by atoms with Crippen molar-refractivity contribution in [3.63, 3.8) is 0 Å². The first-order valence-electron chi connectivity index (χ1n) is 7.86. The molecule has 124 valence electrons. The molecule has 0 saturated carbocycles. The third-order valence-electron chi connectivity index (χ3n) is 3.62. The number of hydrogen-bond acceptors (Lipinski definition) is 7. The van der Waals surface area contributed by atoms with Gasteiger partial charge in [0.1, 0.15) is 23.5 Å². The zero-order valence-corrected chi connectivity index (χ0v) is 14.6. The maximum Gasteiger partial charge on any atom is 0.156 e. The molecule has 1 aliphatic rings. The molecule has 0 aromatic carbocycles. The number of aryl methyl sites for hydroxylation is 2. The Morgan fingerprint density at radius 2 is 2.17 bits per heavy atom. The lowest BCUT2D eigenvalue weighted by atomic mass is 10.2. The van der Waals surface area contributed by atoms with E-state index in [9.17, 15) is 0 Å². The van der Waals surface area contributed by atoms with Gasteiger partial charge in [0.15, 0.2) is 5.82 Å². The summed E-state index contributed by atoms with van der Waals surface area (Å²) in [6.45, 7) is 9.34. The Hall–Kier alpha value is -1.57. The minimum Gasteiger partial charge on any atom is -0.374 e. The van der Waals surface area contributed by atoms with Gasteiger partial charge in [-0.05, 0) is 20.8 Å². The van der Waals surface area contributed by atoms with Crippen LogP contribution in [-0.2, 0) is 16.1 Å². The van der Waals surface area contributed by atoms with E-state index in [2.05, 4.69) is 25.2 Å². The van der Waals surface area contributed by atoms with Crippen LogP contribution < -0.4 is 4.90 Å². The molecular weight excluding hydrogens is 312 g/mol. The van der Waals surface area contributed by atoms with E-state index in [0.29, 0.717) is 19.8 Å². The summed E-state index contributed by atoms with van der Waals surface area (Å²) in [4.78, 5) is 15.9. The van der Waals surface area contributed by atoms with Gasteiger partial charge in [0.25, 0.3) is 0 Å². The molecule has 6 nitrogen and oxygen atoms in total. The number of morpholine rings is 1. The van der Waals surface area contributed by atoms with Crippen molar-refractivity contribution in [2.45, 2.75) is 33.5 Å². The van der Waals surface area contributed by atoms with E-state index in [1.54, 1.807) is 11.3 Å². The Kier molecular flexibility index (Phi) is 5.20. The molecule has 0 bridgehead atoms. The first-order valence-corrected chi connectivity index (χ1v) is 8.74. The second-order valence-corrected chi connectivity index (χ2v) is 6.44. The highest BCUT2D eigenvalue weighted by molar-refractivity contribution is 7.09. The van der Waals surface area contributed by atoms with Crippen molar-refractivity contribution in [1.82, 2.24) is 15.0 Å². The molecular formula is C16H22N4O2S. The fourth-order valence-electron chi connectivity index (χ4n) is 2.56. The van der Waals surface area contributed by atoms with Crippen LogP contribution in [0.25, 0.3) is 0 Å². The highest BCUT2D eigenvalue weighted by atomic mass is 32.1. The highest BCUT2D eigenvalue weighted by Gasteiger charge is 2.25. The number of anilines is 1. The van der Waals surface area contributed by atoms with Gasteiger partial charge >= 0.3 is 0 Å². The summed E-state index contributed by atoms with van der Waals surface area (Å²) in [5.74, 6) is 1.67. The van der Waals surface area contributed by atoms with Crippen LogP contribution >= 0.6 is 11.3 Å². The molecule has 0 spiro atoms. The number of aromatic nitrogens is 3. The normalized spacial score (nSPS) is 18.4. The molecule has 2 aromatic heterocycles. The largest absolute Gasteiger partial charge is 0.374 e. The maximum atomic E-state index is 5.89. The minimum absolute atomic E-state index is 0.00747. The van der Waals surface area contributed by atoms with Crippen LogP contribution in [0, 0.1) is 13.8 Å². The molecule has 1 unspecified atom stereocenters. The molecule has 23 heavy (non-hydrogen) atoms. The summed E-state index contributed by atoms with van der Waals surface area (Å²) in [7, 11) is 0. The van der Waals surface area contributed by atoms with E-state index in [1.807, 2.05) is 26.8 Å². The summed E-state index contributed by atoms with van der Waals surface area (Å²) in [5, 5.41) is 3.10. The first-order chi connectivity index (χ1) is 11.2. The maximum absolute atomic E-state index is 5.89. The monoisotopic (exact) mass is 334 g/mol. The van der Waals surface area contributed by atoms with Gasteiger partial charge in [0.05, 0.1) is 13.2 Å². The lowest BCUT2D eigenvalue weighted by Gasteiger charge is -2.33. The second-order valence-electron chi connectivity index (χ2n) is 5.55. The average Bonchev–Trinajstić information content (AvgIpc) is 2.99. The van der Waals surface area contributed by atoms with Gasteiger partial charge in [-0.2, -0.15) is 0 Å². The molecule has 0 N–H and O–H groups in total. The summed E-state index contributed by atoms with van der Waals surface area (Å²) in [6, 6.07) is 2.02. The standard InChI is InChI=1S/C16H22N4O2S/c1-4-21-9-14-17-11(2)7-15(19-14)20-5-6-22-13(8-20)16-18-12(3)10-23-16/h7,10,13H,4-6,8-9H2,1-3H3. The third kappa shape index (κ3) is 4.04. The van der Waals surface area contributed by atoms with Crippen LogP contribution in [0.4, 0.5) is 5.82 Å². The lowest BCUT2D eigenvalue weighted by Crippen LogP contribution is -2.39. The molecule has 2 aromatic rings. The van der Waals surface area contributed by atoms with E-state index >= 15 is 0 Å². The second kappa shape index (κ2) is 7.33. The number of thiazole rings is 1. The predicted octanol–water partition coefficient (Wildman–Crippen LogP) is 2.66. The van der Waals surface area contributed by atoms with Crippen LogP contribution in [0.3, 0.4) is 0 Å². The van der Waals surface area contributed by atoms with Crippen molar-refractivity contribution in [2.75, 3.05) is 31.2 Å². The first kappa shape index (κ1) is 16.3. The number of ether oxygens (including phenoxy) is 2. The Morgan fingerprint density at radius 1 is 1.30 bits per heavy atom. The van der Waals surface area contributed by atoms with Gasteiger partial charge in [-0.3, -0.25) is 0 Å². The van der Waals surface area contributed by atoms with Gasteiger partial charge in [-0.15, -0.1) is 11.3 Å². The average molecular weight is 334 g/mol. The van der Waals surface area contributed by atoms with Gasteiger partial charge < -0.3 is 14.4 Å². The molecule has 0 amide bonds. The van der Waals surface area contributed by atoms with Crippen molar-refractivity contribution in [2.24, 2.45) is 0 Å². The van der Waals surface area contributed by atoms with E-state index in [-0.39, 0.29) is 6.10 Å². The molecule has 1 saturated heterocycles. The van der Waals surface area contributed by atoms with Gasteiger partial charge in [0.2, 0.25) is 0 Å². The van der Waals surface area contributed by atoms with E-state index < -0.39 is 0 Å². The predicted molar refractivity (Wildman–Crippen MR) is 89.9 cm³/mol. The van der Waals surface area contributed by atoms with Crippen molar-refractivity contribution >= 4 is 17.2 Å². The minimum atomic E-state index is 0.00747. The van der Waals surface area contributed by atoms with Crippen molar-refractivity contribution in [1.29, 1.82) is 0 Å². The summed E-state index contributed by atoms with van der Waals surface area (Å²) in [5.41, 5.74) is 2.00. The molecule has 1 aliphatic heterocycles. The van der Waals surface area contributed by atoms with Crippen LogP contribution in [0.15, 0.2) is 11.4 Å². The third-order valence-corrected chi connectivity index (χ3v) is 4.68. The van der Waals surface area contributed by atoms with Crippen molar-refractivity contribution in [3.8, 4) is 0 Å². The quantitative estimate of drug-likeness (QED) is 0.838. The summed E-state index contributed by atoms with van der Waals surface area (Å²) < 4.78 is 11.3. The summed E-state index contributed by atoms with van der Waals surface area (Å²) >= 11 is 1.66. The molecule has 7 heteroatoms. The van der Waals surface area contributed by atoms with Crippen LogP contribution in [0.1, 0.15) is 35.2 Å². The number of nitrogens with zero attached hydrogens (tertiary/aromatic N) is 4. The van der Waals surface area contributed by atoms with E-state index in [4.69, 9.17) is 9.47 Å². The smallest absolute Gasteiger partial charge is 0.156 e. The van der Waals surface area contributed by atoms with Gasteiger partial charge in [-0.1, -0.05) is 0 Å². The highest BCUT2D eigenvalue weighted by Crippen LogP contribution is 2.27. The Bertz CT molecular complexity index is 661. The molecule has 1 fully saturated rings. The Balaban J connectivity index is 1.76. The number of rotatable bonds is 5. The molecule has 0 radical (unpaired) electrons. The SMILES string of the molecule is CCOCc1nc(C)cc(N2CCOC(c3nc(C)cs3)C2)n1. The number of hydrogen-bond donors (Lipinski definition) is 0. The van der Waals surface area contributed by atoms with Gasteiger partial charge in [0, 0.05) is 36.0 Å². The lowest BCUT2D eigenvalue weighted by molar-refractivity contribution is 0.0392. The van der Waals surface area contributed by atoms with Crippen LogP contribution in [-0.4, -0.2) is 41.3 Å². The zero-order valence-electron chi connectivity index (χ0n) is 13.8.